The summed E-state index contributed by atoms with van der Waals surface area (Å²) in [6, 6.07) is 6.44. The molecule has 8 heteroatoms. The zero-order valence-electron chi connectivity index (χ0n) is 19.3. The fourth-order valence-electron chi connectivity index (χ4n) is 3.91. The van der Waals surface area contributed by atoms with Crippen molar-refractivity contribution in [3.63, 3.8) is 0 Å². The lowest BCUT2D eigenvalue weighted by Gasteiger charge is -2.19. The molecule has 3 rings (SSSR count). The van der Waals surface area contributed by atoms with E-state index in [0.717, 1.165) is 62.9 Å². The molecule has 0 saturated carbocycles. The Bertz CT molecular complexity index is 861. The van der Waals surface area contributed by atoms with Gasteiger partial charge in [0.05, 0.1) is 24.9 Å². The summed E-state index contributed by atoms with van der Waals surface area (Å²) in [5.74, 6) is 2.52. The first-order valence-corrected chi connectivity index (χ1v) is 11.7. The molecule has 1 aliphatic heterocycles. The summed E-state index contributed by atoms with van der Waals surface area (Å²) in [5, 5.41) is 8.20. The second kappa shape index (κ2) is 11.3. The predicted molar refractivity (Wildman–Crippen MR) is 128 cm³/mol. The maximum Gasteiger partial charge on any atom is 0.191 e. The molecule has 0 aliphatic carbocycles. The Hall–Kier alpha value is -2.32. The number of thiazole rings is 1. The minimum atomic E-state index is 0.382. The molecule has 1 aromatic carbocycles. The third-order valence-electron chi connectivity index (χ3n) is 5.56. The first-order chi connectivity index (χ1) is 15.0. The first-order valence-electron chi connectivity index (χ1n) is 10.9. The summed E-state index contributed by atoms with van der Waals surface area (Å²) in [7, 11) is 5.20. The van der Waals surface area contributed by atoms with Crippen LogP contribution in [0.1, 0.15) is 34.5 Å². The molecule has 1 saturated heterocycles. The summed E-state index contributed by atoms with van der Waals surface area (Å²) >= 11 is 1.80. The second-order valence-electron chi connectivity index (χ2n) is 7.80. The molecular weight excluding hydrogens is 410 g/mol. The number of hydrogen-bond donors (Lipinski definition) is 2. The zero-order chi connectivity index (χ0) is 22.2. The van der Waals surface area contributed by atoms with Gasteiger partial charge < -0.3 is 20.1 Å². The number of aromatic nitrogens is 1. The molecule has 2 N–H and O–H groups in total. The van der Waals surface area contributed by atoms with Gasteiger partial charge >= 0.3 is 0 Å². The van der Waals surface area contributed by atoms with E-state index in [1.54, 1.807) is 25.6 Å². The number of rotatable bonds is 9. The summed E-state index contributed by atoms with van der Waals surface area (Å²) in [5.41, 5.74) is 2.42. The number of nitrogens with one attached hydrogen (secondary N) is 2. The molecule has 0 bridgehead atoms. The van der Waals surface area contributed by atoms with Crippen LogP contribution in [0.15, 0.2) is 23.2 Å². The predicted octanol–water partition coefficient (Wildman–Crippen LogP) is 3.01. The summed E-state index contributed by atoms with van der Waals surface area (Å²) < 4.78 is 10.8. The maximum atomic E-state index is 5.40. The molecule has 0 spiro atoms. The highest BCUT2D eigenvalue weighted by Crippen LogP contribution is 2.24. The molecule has 170 valence electrons. The molecular formula is C23H35N5O2S. The number of aliphatic imine (C=N–C) groups is 1. The monoisotopic (exact) mass is 445 g/mol. The van der Waals surface area contributed by atoms with Gasteiger partial charge in [-0.3, -0.25) is 9.89 Å². The highest BCUT2D eigenvalue weighted by atomic mass is 32.1. The van der Waals surface area contributed by atoms with E-state index in [0.29, 0.717) is 6.04 Å². The van der Waals surface area contributed by atoms with Crippen LogP contribution in [-0.2, 0) is 19.4 Å². The topological polar surface area (TPSA) is 71.0 Å². The number of benzene rings is 1. The lowest BCUT2D eigenvalue weighted by atomic mass is 10.2. The van der Waals surface area contributed by atoms with Gasteiger partial charge in [-0.1, -0.05) is 6.92 Å². The van der Waals surface area contributed by atoms with E-state index in [1.165, 1.54) is 21.1 Å². The fraction of sp³-hybridized carbons (Fsp3) is 0.565. The van der Waals surface area contributed by atoms with Crippen molar-refractivity contribution in [3.05, 3.63) is 39.3 Å². The summed E-state index contributed by atoms with van der Waals surface area (Å²) in [6.45, 7) is 8.04. The minimum absolute atomic E-state index is 0.382. The van der Waals surface area contributed by atoms with Crippen molar-refractivity contribution in [2.75, 3.05) is 40.9 Å². The Morgan fingerprint density at radius 3 is 2.61 bits per heavy atom. The van der Waals surface area contributed by atoms with Crippen LogP contribution in [0.25, 0.3) is 0 Å². The highest BCUT2D eigenvalue weighted by molar-refractivity contribution is 7.11. The molecule has 1 aromatic heterocycles. The number of guanidine groups is 1. The van der Waals surface area contributed by atoms with Crippen LogP contribution in [0.5, 0.6) is 11.5 Å². The van der Waals surface area contributed by atoms with Gasteiger partial charge in [0, 0.05) is 56.6 Å². The normalized spacial score (nSPS) is 17.1. The van der Waals surface area contributed by atoms with Gasteiger partial charge in [0.25, 0.3) is 0 Å². The molecule has 0 amide bonds. The molecule has 1 aliphatic rings. The van der Waals surface area contributed by atoms with Crippen LogP contribution in [0, 0.1) is 6.92 Å². The minimum Gasteiger partial charge on any atom is -0.497 e. The Morgan fingerprint density at radius 1 is 1.26 bits per heavy atom. The van der Waals surface area contributed by atoms with Crippen LogP contribution in [0.3, 0.4) is 0 Å². The van der Waals surface area contributed by atoms with E-state index in [4.69, 9.17) is 14.5 Å². The molecule has 31 heavy (non-hydrogen) atoms. The van der Waals surface area contributed by atoms with Crippen molar-refractivity contribution in [2.24, 2.45) is 4.99 Å². The molecule has 1 unspecified atom stereocenters. The first kappa shape index (κ1) is 23.3. The van der Waals surface area contributed by atoms with Gasteiger partial charge in [0.2, 0.25) is 0 Å². The van der Waals surface area contributed by atoms with Gasteiger partial charge in [-0.15, -0.1) is 11.3 Å². The lowest BCUT2D eigenvalue weighted by Crippen LogP contribution is -2.45. The molecule has 7 nitrogen and oxygen atoms in total. The third-order valence-corrected chi connectivity index (χ3v) is 6.63. The number of nitrogens with zero attached hydrogens (tertiary/aromatic N) is 3. The SMILES string of the molecule is CCc1nc(CCNC(=NC)NC2CCN(Cc3cc(OC)cc(OC)c3)C2)sc1C. The van der Waals surface area contributed by atoms with Crippen LogP contribution in [-0.4, -0.2) is 62.8 Å². The summed E-state index contributed by atoms with van der Waals surface area (Å²) in [4.78, 5) is 12.9. The molecule has 1 fully saturated rings. The molecule has 2 aromatic rings. The van der Waals surface area contributed by atoms with E-state index >= 15 is 0 Å². The van der Waals surface area contributed by atoms with Crippen molar-refractivity contribution in [1.29, 1.82) is 0 Å². The van der Waals surface area contributed by atoms with E-state index in [-0.39, 0.29) is 0 Å². The Kier molecular flexibility index (Phi) is 8.54. The third kappa shape index (κ3) is 6.58. The van der Waals surface area contributed by atoms with Crippen molar-refractivity contribution in [1.82, 2.24) is 20.5 Å². The summed E-state index contributed by atoms with van der Waals surface area (Å²) in [6.07, 6.45) is 3.01. The standard InChI is InChI=1S/C23H35N5O2S/c1-6-21-16(2)31-22(27-21)7-9-25-23(24-3)26-18-8-10-28(15-18)14-17-11-19(29-4)13-20(12-17)30-5/h11-13,18H,6-10,14-15H2,1-5H3,(H2,24,25,26). The van der Waals surface area contributed by atoms with Gasteiger partial charge in [-0.05, 0) is 37.5 Å². The fourth-order valence-corrected chi connectivity index (χ4v) is 4.93. The lowest BCUT2D eigenvalue weighted by molar-refractivity contribution is 0.321. The van der Waals surface area contributed by atoms with Crippen LogP contribution >= 0.6 is 11.3 Å². The molecule has 2 heterocycles. The number of methoxy groups -OCH3 is 2. The molecule has 1 atom stereocenters. The van der Waals surface area contributed by atoms with Crippen molar-refractivity contribution >= 4 is 17.3 Å². The van der Waals surface area contributed by atoms with E-state index in [9.17, 15) is 0 Å². The van der Waals surface area contributed by atoms with Gasteiger partial charge in [0.15, 0.2) is 5.96 Å². The highest BCUT2D eigenvalue weighted by Gasteiger charge is 2.23. The van der Waals surface area contributed by atoms with E-state index in [1.807, 2.05) is 13.1 Å². The number of likely N-dealkylation sites (tertiary alicyclic amines) is 1. The number of ether oxygens (including phenoxy) is 2. The smallest absolute Gasteiger partial charge is 0.191 e. The molecule has 0 radical (unpaired) electrons. The van der Waals surface area contributed by atoms with Crippen LogP contribution in [0.2, 0.25) is 0 Å². The van der Waals surface area contributed by atoms with Gasteiger partial charge in [0.1, 0.15) is 11.5 Å². The number of aryl methyl sites for hydroxylation is 2. The zero-order valence-corrected chi connectivity index (χ0v) is 20.1. The van der Waals surface area contributed by atoms with E-state index in [2.05, 4.69) is 46.5 Å². The van der Waals surface area contributed by atoms with Crippen molar-refractivity contribution in [2.45, 2.75) is 45.7 Å². The van der Waals surface area contributed by atoms with E-state index < -0.39 is 0 Å². The Labute approximate surface area is 189 Å². The van der Waals surface area contributed by atoms with Crippen LogP contribution in [0.4, 0.5) is 0 Å². The quantitative estimate of drug-likeness (QED) is 0.457. The average Bonchev–Trinajstić information content (AvgIpc) is 3.37. The maximum absolute atomic E-state index is 5.40. The second-order valence-corrected chi connectivity index (χ2v) is 9.09. The number of hydrogen-bond acceptors (Lipinski definition) is 6. The van der Waals surface area contributed by atoms with Gasteiger partial charge in [-0.2, -0.15) is 0 Å². The largest absolute Gasteiger partial charge is 0.497 e. The van der Waals surface area contributed by atoms with Crippen LogP contribution < -0.4 is 20.1 Å². The van der Waals surface area contributed by atoms with Crippen molar-refractivity contribution in [3.8, 4) is 11.5 Å². The van der Waals surface area contributed by atoms with Gasteiger partial charge in [-0.25, -0.2) is 4.98 Å². The Balaban J connectivity index is 1.46. The van der Waals surface area contributed by atoms with Crippen molar-refractivity contribution < 1.29 is 9.47 Å². The average molecular weight is 446 g/mol. The Morgan fingerprint density at radius 2 is 2.00 bits per heavy atom.